The second kappa shape index (κ2) is 6.27. The number of nitriles is 3. The van der Waals surface area contributed by atoms with Crippen LogP contribution in [0.1, 0.15) is 5.56 Å². The lowest BCUT2D eigenvalue weighted by molar-refractivity contribution is -0.138. The number of alkyl halides is 3. The van der Waals surface area contributed by atoms with Gasteiger partial charge in [-0.15, -0.1) is 0 Å². The van der Waals surface area contributed by atoms with E-state index in [-0.39, 0.29) is 9.26 Å². The molecule has 0 aliphatic carbocycles. The molecule has 8 heteroatoms. The van der Waals surface area contributed by atoms with Gasteiger partial charge in [-0.05, 0) is 40.8 Å². The molecule has 0 spiro atoms. The molecule has 0 aliphatic rings. The van der Waals surface area contributed by atoms with Crippen molar-refractivity contribution in [3.05, 3.63) is 38.6 Å². The zero-order chi connectivity index (χ0) is 15.3. The fourth-order valence-corrected chi connectivity index (χ4v) is 1.89. The van der Waals surface area contributed by atoms with Crippen LogP contribution in [0, 0.1) is 37.6 Å². The summed E-state index contributed by atoms with van der Waals surface area (Å²) in [5.74, 6) is 0. The van der Waals surface area contributed by atoms with Crippen LogP contribution in [-0.4, -0.2) is 0 Å². The smallest absolute Gasteiger partial charge is 0.345 e. The van der Waals surface area contributed by atoms with Crippen LogP contribution in [0.5, 0.6) is 0 Å². The number of hydrogen-bond donors (Lipinski definition) is 1. The average Bonchev–Trinajstić information content (AvgIpc) is 2.39. The Hall–Kier alpha value is -2.25. The zero-order valence-corrected chi connectivity index (χ0v) is 11.7. The molecule has 0 aromatic heterocycles. The Morgan fingerprint density at radius 3 is 2.15 bits per heavy atom. The molecule has 0 heterocycles. The van der Waals surface area contributed by atoms with Gasteiger partial charge in [-0.3, -0.25) is 0 Å². The summed E-state index contributed by atoms with van der Waals surface area (Å²) in [4.78, 5) is 0. The summed E-state index contributed by atoms with van der Waals surface area (Å²) < 4.78 is 38.2. The van der Waals surface area contributed by atoms with Crippen molar-refractivity contribution >= 4 is 28.3 Å². The van der Waals surface area contributed by atoms with Crippen molar-refractivity contribution in [2.75, 3.05) is 5.32 Å². The van der Waals surface area contributed by atoms with Gasteiger partial charge >= 0.3 is 6.18 Å². The number of benzene rings is 1. The first-order chi connectivity index (χ1) is 9.33. The van der Waals surface area contributed by atoms with E-state index in [2.05, 4.69) is 5.32 Å². The third-order valence-corrected chi connectivity index (χ3v) is 3.07. The molecule has 0 amide bonds. The Morgan fingerprint density at radius 1 is 1.10 bits per heavy atom. The fourth-order valence-electron chi connectivity index (χ4n) is 1.25. The first kappa shape index (κ1) is 15.8. The minimum atomic E-state index is -4.53. The summed E-state index contributed by atoms with van der Waals surface area (Å²) in [7, 11) is 0. The van der Waals surface area contributed by atoms with Crippen LogP contribution in [-0.2, 0) is 6.18 Å². The monoisotopic (exact) mass is 388 g/mol. The number of rotatable bonds is 2. The normalized spacial score (nSPS) is 9.85. The van der Waals surface area contributed by atoms with Crippen LogP contribution in [0.3, 0.4) is 0 Å². The first-order valence-electron chi connectivity index (χ1n) is 4.91. The highest BCUT2D eigenvalue weighted by molar-refractivity contribution is 14.1. The SMILES string of the molecule is N#CC(C#N)=C(C#N)Nc1ccc(I)c(C(F)(F)F)c1. The van der Waals surface area contributed by atoms with Crippen LogP contribution in [0.25, 0.3) is 0 Å². The van der Waals surface area contributed by atoms with Gasteiger partial charge < -0.3 is 5.32 Å². The maximum absolute atomic E-state index is 12.7. The number of halogens is 4. The van der Waals surface area contributed by atoms with E-state index in [4.69, 9.17) is 15.8 Å². The predicted octanol–water partition coefficient (Wildman–Crippen LogP) is 3.55. The maximum Gasteiger partial charge on any atom is 0.417 e. The van der Waals surface area contributed by atoms with Crippen molar-refractivity contribution in [2.24, 2.45) is 0 Å². The summed E-state index contributed by atoms with van der Waals surface area (Å²) in [6, 6.07) is 7.90. The van der Waals surface area contributed by atoms with Crippen molar-refractivity contribution < 1.29 is 13.2 Å². The molecule has 0 saturated heterocycles. The number of allylic oxidation sites excluding steroid dienone is 2. The van der Waals surface area contributed by atoms with Crippen molar-refractivity contribution in [3.8, 4) is 18.2 Å². The third kappa shape index (κ3) is 3.62. The predicted molar refractivity (Wildman–Crippen MR) is 71.6 cm³/mol. The molecule has 0 radical (unpaired) electrons. The van der Waals surface area contributed by atoms with Crippen LogP contribution in [0.15, 0.2) is 29.5 Å². The van der Waals surface area contributed by atoms with Gasteiger partial charge in [0, 0.05) is 9.26 Å². The Labute approximate surface area is 125 Å². The topological polar surface area (TPSA) is 83.4 Å². The van der Waals surface area contributed by atoms with Crippen molar-refractivity contribution in [2.45, 2.75) is 6.18 Å². The van der Waals surface area contributed by atoms with E-state index in [9.17, 15) is 13.2 Å². The van der Waals surface area contributed by atoms with Gasteiger partial charge in [0.15, 0.2) is 5.57 Å². The molecule has 0 aliphatic heterocycles. The molecule has 1 aromatic rings. The van der Waals surface area contributed by atoms with E-state index in [1.807, 2.05) is 0 Å². The molecule has 0 unspecified atom stereocenters. The van der Waals surface area contributed by atoms with Gasteiger partial charge in [-0.1, -0.05) is 0 Å². The van der Waals surface area contributed by atoms with E-state index in [1.165, 1.54) is 24.3 Å². The summed E-state index contributed by atoms with van der Waals surface area (Å²) in [5.41, 5.74) is -1.79. The molecule has 1 N–H and O–H groups in total. The average molecular weight is 388 g/mol. The van der Waals surface area contributed by atoms with Crippen molar-refractivity contribution in [1.29, 1.82) is 15.8 Å². The Balaban J connectivity index is 3.26. The van der Waals surface area contributed by atoms with Crippen molar-refractivity contribution in [1.82, 2.24) is 0 Å². The molecular formula is C12H4F3IN4. The lowest BCUT2D eigenvalue weighted by Crippen LogP contribution is -2.09. The van der Waals surface area contributed by atoms with E-state index in [0.29, 0.717) is 0 Å². The van der Waals surface area contributed by atoms with Crippen LogP contribution >= 0.6 is 22.6 Å². The number of nitrogens with one attached hydrogen (secondary N) is 1. The number of anilines is 1. The van der Waals surface area contributed by atoms with Gasteiger partial charge in [-0.2, -0.15) is 29.0 Å². The van der Waals surface area contributed by atoms with Gasteiger partial charge in [0.05, 0.1) is 5.56 Å². The van der Waals surface area contributed by atoms with Crippen LogP contribution in [0.4, 0.5) is 18.9 Å². The summed E-state index contributed by atoms with van der Waals surface area (Å²) in [5, 5.41) is 28.4. The van der Waals surface area contributed by atoms with E-state index in [1.54, 1.807) is 28.7 Å². The van der Waals surface area contributed by atoms with Crippen LogP contribution < -0.4 is 5.32 Å². The molecule has 4 nitrogen and oxygen atoms in total. The van der Waals surface area contributed by atoms with E-state index in [0.717, 1.165) is 6.07 Å². The highest BCUT2D eigenvalue weighted by Gasteiger charge is 2.33. The lowest BCUT2D eigenvalue weighted by atomic mass is 10.1. The van der Waals surface area contributed by atoms with Crippen molar-refractivity contribution in [3.63, 3.8) is 0 Å². The highest BCUT2D eigenvalue weighted by Crippen LogP contribution is 2.34. The molecule has 0 saturated carbocycles. The second-order valence-corrected chi connectivity index (χ2v) is 4.56. The minimum Gasteiger partial charge on any atom is -0.345 e. The third-order valence-electron chi connectivity index (χ3n) is 2.13. The first-order valence-corrected chi connectivity index (χ1v) is 5.99. The number of nitrogens with zero attached hydrogens (tertiary/aromatic N) is 3. The molecule has 0 atom stereocenters. The second-order valence-electron chi connectivity index (χ2n) is 3.40. The fraction of sp³-hybridized carbons (Fsp3) is 0.0833. The summed E-state index contributed by atoms with van der Waals surface area (Å²) in [6.07, 6.45) is -4.53. The maximum atomic E-state index is 12.7. The number of hydrogen-bond acceptors (Lipinski definition) is 4. The molecule has 0 fully saturated rings. The Morgan fingerprint density at radius 2 is 1.70 bits per heavy atom. The summed E-state index contributed by atoms with van der Waals surface area (Å²) >= 11 is 1.54. The van der Waals surface area contributed by atoms with Crippen LogP contribution in [0.2, 0.25) is 0 Å². The molecule has 100 valence electrons. The Bertz CT molecular complexity index is 671. The molecule has 0 bridgehead atoms. The van der Waals surface area contributed by atoms with E-state index >= 15 is 0 Å². The zero-order valence-electron chi connectivity index (χ0n) is 9.59. The standard InChI is InChI=1S/C12H4F3IN4/c13-12(14,15)9-3-8(1-2-10(9)16)20-11(6-19)7(4-17)5-18/h1-3,20H. The van der Waals surface area contributed by atoms with Gasteiger partial charge in [0.25, 0.3) is 0 Å². The van der Waals surface area contributed by atoms with Gasteiger partial charge in [-0.25, -0.2) is 0 Å². The highest BCUT2D eigenvalue weighted by atomic mass is 127. The minimum absolute atomic E-state index is 0.00364. The molecule has 20 heavy (non-hydrogen) atoms. The van der Waals surface area contributed by atoms with Gasteiger partial charge in [0.2, 0.25) is 0 Å². The quantitative estimate of drug-likeness (QED) is 0.621. The Kier molecular flexibility index (Phi) is 4.95. The van der Waals surface area contributed by atoms with E-state index < -0.39 is 23.0 Å². The summed E-state index contributed by atoms with van der Waals surface area (Å²) in [6.45, 7) is 0. The molecule has 1 aromatic carbocycles. The van der Waals surface area contributed by atoms with Gasteiger partial charge in [0.1, 0.15) is 23.9 Å². The molecular weight excluding hydrogens is 384 g/mol. The lowest BCUT2D eigenvalue weighted by Gasteiger charge is -2.12. The molecule has 1 rings (SSSR count). The largest absolute Gasteiger partial charge is 0.417 e.